The molecule has 0 N–H and O–H groups in total. The fourth-order valence-corrected chi connectivity index (χ4v) is 2.58. The minimum Gasteiger partial charge on any atom is -0.339 e. The number of nitrogens with zero attached hydrogens (tertiary/aromatic N) is 6. The Balaban J connectivity index is 1.65. The topological polar surface area (TPSA) is 72.9 Å². The van der Waals surface area contributed by atoms with E-state index in [2.05, 4.69) is 39.0 Å². The van der Waals surface area contributed by atoms with Crippen LogP contribution in [0.15, 0.2) is 17.2 Å². The van der Waals surface area contributed by atoms with Crippen molar-refractivity contribution in [1.82, 2.24) is 29.8 Å². The Morgan fingerprint density at radius 1 is 1.40 bits per heavy atom. The predicted molar refractivity (Wildman–Crippen MR) is 72.0 cm³/mol. The van der Waals surface area contributed by atoms with Crippen LogP contribution in [0.3, 0.4) is 0 Å². The van der Waals surface area contributed by atoms with Gasteiger partial charge in [0.15, 0.2) is 5.82 Å². The Kier molecular flexibility index (Phi) is 3.77. The van der Waals surface area contributed by atoms with Crippen molar-refractivity contribution in [3.63, 3.8) is 0 Å². The first-order valence-electron chi connectivity index (χ1n) is 7.14. The van der Waals surface area contributed by atoms with E-state index in [1.807, 2.05) is 4.68 Å². The van der Waals surface area contributed by atoms with Crippen molar-refractivity contribution >= 4 is 0 Å². The molecule has 7 nitrogen and oxygen atoms in total. The zero-order valence-electron chi connectivity index (χ0n) is 11.9. The van der Waals surface area contributed by atoms with E-state index in [0.717, 1.165) is 37.8 Å². The number of hydrogen-bond donors (Lipinski definition) is 0. The zero-order chi connectivity index (χ0) is 13.9. The van der Waals surface area contributed by atoms with Gasteiger partial charge in [0.1, 0.15) is 12.7 Å². The maximum atomic E-state index is 5.32. The van der Waals surface area contributed by atoms with Gasteiger partial charge in [-0.25, -0.2) is 4.98 Å². The molecule has 0 aromatic carbocycles. The molecule has 20 heavy (non-hydrogen) atoms. The quantitative estimate of drug-likeness (QED) is 0.826. The Labute approximate surface area is 118 Å². The molecule has 0 amide bonds. The number of hydrogen-bond acceptors (Lipinski definition) is 6. The minimum absolute atomic E-state index is 0.273. The van der Waals surface area contributed by atoms with Crippen LogP contribution in [-0.4, -0.2) is 42.9 Å². The first-order chi connectivity index (χ1) is 9.74. The van der Waals surface area contributed by atoms with Crippen molar-refractivity contribution in [2.75, 3.05) is 13.1 Å². The van der Waals surface area contributed by atoms with Crippen molar-refractivity contribution in [1.29, 1.82) is 0 Å². The molecule has 0 bridgehead atoms. The summed E-state index contributed by atoms with van der Waals surface area (Å²) in [5.41, 5.74) is 0. The van der Waals surface area contributed by atoms with Crippen molar-refractivity contribution in [2.24, 2.45) is 0 Å². The molecule has 0 radical (unpaired) electrons. The van der Waals surface area contributed by atoms with E-state index in [0.29, 0.717) is 0 Å². The Bertz CT molecular complexity index is 535. The van der Waals surface area contributed by atoms with Gasteiger partial charge in [0.25, 0.3) is 0 Å². The third-order valence-electron chi connectivity index (χ3n) is 3.70. The van der Waals surface area contributed by atoms with Gasteiger partial charge >= 0.3 is 0 Å². The van der Waals surface area contributed by atoms with Crippen LogP contribution in [0.5, 0.6) is 0 Å². The summed E-state index contributed by atoms with van der Waals surface area (Å²) in [7, 11) is 0. The number of aromatic nitrogens is 5. The molecule has 1 atom stereocenters. The molecule has 1 saturated heterocycles. The second kappa shape index (κ2) is 5.70. The molecular formula is C13H20N6O. The van der Waals surface area contributed by atoms with Gasteiger partial charge in [0.05, 0.1) is 12.6 Å². The standard InChI is InChI=1S/C13H20N6O/c1-10(2)13-16-12(17-20-13)11-4-3-5-18(11)6-7-19-9-14-8-15-19/h8-11H,3-7H2,1-2H3/t11-/m0/s1. The summed E-state index contributed by atoms with van der Waals surface area (Å²) in [4.78, 5) is 10.9. The second-order valence-electron chi connectivity index (χ2n) is 5.50. The normalized spacial score (nSPS) is 20.1. The maximum Gasteiger partial charge on any atom is 0.229 e. The van der Waals surface area contributed by atoms with Crippen LogP contribution in [0.25, 0.3) is 0 Å². The number of likely N-dealkylation sites (tertiary alicyclic amines) is 1. The first-order valence-corrected chi connectivity index (χ1v) is 7.14. The lowest BCUT2D eigenvalue weighted by molar-refractivity contribution is 0.229. The highest BCUT2D eigenvalue weighted by Gasteiger charge is 2.30. The lowest BCUT2D eigenvalue weighted by Gasteiger charge is -2.21. The average molecular weight is 276 g/mol. The molecule has 2 aromatic heterocycles. The lowest BCUT2D eigenvalue weighted by Crippen LogP contribution is -2.28. The summed E-state index contributed by atoms with van der Waals surface area (Å²) in [6.07, 6.45) is 5.58. The summed E-state index contributed by atoms with van der Waals surface area (Å²) in [5.74, 6) is 1.83. The van der Waals surface area contributed by atoms with E-state index in [-0.39, 0.29) is 12.0 Å². The van der Waals surface area contributed by atoms with Gasteiger partial charge in [-0.2, -0.15) is 10.1 Å². The van der Waals surface area contributed by atoms with Gasteiger partial charge in [-0.1, -0.05) is 19.0 Å². The van der Waals surface area contributed by atoms with E-state index in [1.54, 1.807) is 12.7 Å². The Hall–Kier alpha value is -1.76. The molecule has 1 aliphatic rings. The molecular weight excluding hydrogens is 256 g/mol. The molecule has 0 aliphatic carbocycles. The van der Waals surface area contributed by atoms with E-state index >= 15 is 0 Å². The van der Waals surface area contributed by atoms with Crippen LogP contribution in [0.4, 0.5) is 0 Å². The summed E-state index contributed by atoms with van der Waals surface area (Å²) in [6, 6.07) is 0.273. The first kappa shape index (κ1) is 13.2. The van der Waals surface area contributed by atoms with Crippen LogP contribution in [0, 0.1) is 0 Å². The van der Waals surface area contributed by atoms with Crippen LogP contribution in [0.1, 0.15) is 50.4 Å². The van der Waals surface area contributed by atoms with Crippen LogP contribution in [-0.2, 0) is 6.54 Å². The van der Waals surface area contributed by atoms with E-state index in [1.165, 1.54) is 6.42 Å². The highest BCUT2D eigenvalue weighted by Crippen LogP contribution is 2.30. The third-order valence-corrected chi connectivity index (χ3v) is 3.70. The molecule has 1 aliphatic heterocycles. The Morgan fingerprint density at radius 2 is 2.30 bits per heavy atom. The van der Waals surface area contributed by atoms with Crippen molar-refractivity contribution in [2.45, 2.75) is 45.2 Å². The van der Waals surface area contributed by atoms with Crippen LogP contribution >= 0.6 is 0 Å². The molecule has 1 fully saturated rings. The van der Waals surface area contributed by atoms with Gasteiger partial charge in [-0.3, -0.25) is 9.58 Å². The van der Waals surface area contributed by atoms with Crippen molar-refractivity contribution in [3.8, 4) is 0 Å². The second-order valence-corrected chi connectivity index (χ2v) is 5.50. The maximum absolute atomic E-state index is 5.32. The van der Waals surface area contributed by atoms with Gasteiger partial charge in [0.2, 0.25) is 5.89 Å². The third kappa shape index (κ3) is 2.72. The largest absolute Gasteiger partial charge is 0.339 e. The SMILES string of the molecule is CC(C)c1nc([C@@H]2CCCN2CCn2cncn2)no1. The van der Waals surface area contributed by atoms with Crippen LogP contribution in [0.2, 0.25) is 0 Å². The summed E-state index contributed by atoms with van der Waals surface area (Å²) >= 11 is 0. The summed E-state index contributed by atoms with van der Waals surface area (Å²) < 4.78 is 7.17. The van der Waals surface area contributed by atoms with Gasteiger partial charge in [-0.05, 0) is 19.4 Å². The van der Waals surface area contributed by atoms with Gasteiger partial charge in [0, 0.05) is 12.5 Å². The highest BCUT2D eigenvalue weighted by molar-refractivity contribution is 4.99. The Morgan fingerprint density at radius 3 is 3.00 bits per heavy atom. The van der Waals surface area contributed by atoms with E-state index < -0.39 is 0 Å². The monoisotopic (exact) mass is 276 g/mol. The molecule has 0 spiro atoms. The fraction of sp³-hybridized carbons (Fsp3) is 0.692. The molecule has 0 saturated carbocycles. The van der Waals surface area contributed by atoms with Crippen molar-refractivity contribution in [3.05, 3.63) is 24.4 Å². The zero-order valence-corrected chi connectivity index (χ0v) is 11.9. The summed E-state index contributed by atoms with van der Waals surface area (Å²) in [5, 5.41) is 8.28. The van der Waals surface area contributed by atoms with Gasteiger partial charge < -0.3 is 4.52 Å². The van der Waals surface area contributed by atoms with Gasteiger partial charge in [-0.15, -0.1) is 0 Å². The van der Waals surface area contributed by atoms with Crippen LogP contribution < -0.4 is 0 Å². The molecule has 0 unspecified atom stereocenters. The smallest absolute Gasteiger partial charge is 0.229 e. The van der Waals surface area contributed by atoms with E-state index in [4.69, 9.17) is 4.52 Å². The minimum atomic E-state index is 0.273. The molecule has 7 heteroatoms. The predicted octanol–water partition coefficient (Wildman–Crippen LogP) is 1.62. The molecule has 2 aromatic rings. The highest BCUT2D eigenvalue weighted by atomic mass is 16.5. The van der Waals surface area contributed by atoms with Crippen molar-refractivity contribution < 1.29 is 4.52 Å². The number of rotatable bonds is 5. The fourth-order valence-electron chi connectivity index (χ4n) is 2.58. The lowest BCUT2D eigenvalue weighted by atomic mass is 10.2. The average Bonchev–Trinajstić information content (AvgIpc) is 3.17. The molecule has 3 rings (SSSR count). The summed E-state index contributed by atoms with van der Waals surface area (Å²) in [6.45, 7) is 6.97. The molecule has 108 valence electrons. The molecule has 3 heterocycles. The van der Waals surface area contributed by atoms with E-state index in [9.17, 15) is 0 Å².